The highest BCUT2D eigenvalue weighted by molar-refractivity contribution is 6.31. The Kier molecular flexibility index (Phi) is 5.52. The SMILES string of the molecule is O=C(/C=C/c1ccco1)C[C@@]1(O)C(=O)N(Cc2ccc(Cl)cc2)c2ccc(Cl)cc21. The number of carbonyl (C=O) groups is 2. The van der Waals surface area contributed by atoms with E-state index in [1.807, 2.05) is 0 Å². The molecule has 30 heavy (non-hydrogen) atoms. The van der Waals surface area contributed by atoms with Crippen LogP contribution in [0.3, 0.4) is 0 Å². The van der Waals surface area contributed by atoms with Crippen molar-refractivity contribution in [3.05, 3.63) is 93.9 Å². The first-order valence-electron chi connectivity index (χ1n) is 9.20. The molecule has 3 aromatic rings. The number of hydrogen-bond acceptors (Lipinski definition) is 4. The van der Waals surface area contributed by atoms with Crippen LogP contribution in [-0.2, 0) is 21.7 Å². The normalized spacial score (nSPS) is 18.2. The predicted octanol–water partition coefficient (Wildman–Crippen LogP) is 4.99. The van der Waals surface area contributed by atoms with Crippen molar-refractivity contribution in [2.45, 2.75) is 18.6 Å². The molecule has 5 nitrogen and oxygen atoms in total. The molecule has 1 aliphatic rings. The van der Waals surface area contributed by atoms with E-state index in [1.165, 1.54) is 29.4 Å². The zero-order chi connectivity index (χ0) is 21.3. The van der Waals surface area contributed by atoms with Crippen molar-refractivity contribution in [3.8, 4) is 0 Å². The summed E-state index contributed by atoms with van der Waals surface area (Å²) in [6.45, 7) is 0.226. The highest BCUT2D eigenvalue weighted by Crippen LogP contribution is 2.44. The van der Waals surface area contributed by atoms with Crippen LogP contribution >= 0.6 is 23.2 Å². The molecule has 0 saturated heterocycles. The van der Waals surface area contributed by atoms with Gasteiger partial charge in [0.1, 0.15) is 5.76 Å². The summed E-state index contributed by atoms with van der Waals surface area (Å²) in [7, 11) is 0. The van der Waals surface area contributed by atoms with Gasteiger partial charge in [-0.3, -0.25) is 9.59 Å². The third-order valence-electron chi connectivity index (χ3n) is 4.95. The zero-order valence-corrected chi connectivity index (χ0v) is 17.2. The molecule has 1 amide bonds. The van der Waals surface area contributed by atoms with Crippen molar-refractivity contribution in [3.63, 3.8) is 0 Å². The predicted molar refractivity (Wildman–Crippen MR) is 115 cm³/mol. The first-order valence-corrected chi connectivity index (χ1v) is 9.96. The number of aliphatic hydroxyl groups is 1. The van der Waals surface area contributed by atoms with E-state index in [4.69, 9.17) is 27.6 Å². The van der Waals surface area contributed by atoms with Crippen molar-refractivity contribution < 1.29 is 19.1 Å². The van der Waals surface area contributed by atoms with Gasteiger partial charge in [-0.1, -0.05) is 35.3 Å². The molecular weight excluding hydrogens is 425 g/mol. The van der Waals surface area contributed by atoms with Crippen LogP contribution in [-0.4, -0.2) is 16.8 Å². The third kappa shape index (κ3) is 3.92. The third-order valence-corrected chi connectivity index (χ3v) is 5.44. The Morgan fingerprint density at radius 1 is 1.10 bits per heavy atom. The van der Waals surface area contributed by atoms with E-state index in [0.717, 1.165) is 5.56 Å². The van der Waals surface area contributed by atoms with Crippen LogP contribution < -0.4 is 4.90 Å². The molecule has 0 fully saturated rings. The lowest BCUT2D eigenvalue weighted by atomic mass is 9.90. The first kappa shape index (κ1) is 20.4. The molecule has 152 valence electrons. The van der Waals surface area contributed by atoms with Crippen molar-refractivity contribution in [2.24, 2.45) is 0 Å². The van der Waals surface area contributed by atoms with E-state index in [2.05, 4.69) is 0 Å². The van der Waals surface area contributed by atoms with Gasteiger partial charge < -0.3 is 14.4 Å². The van der Waals surface area contributed by atoms with Crippen LogP contribution in [0.5, 0.6) is 0 Å². The standard InChI is InChI=1S/C23H17Cl2NO4/c24-16-5-3-15(4-6-16)14-26-21-10-7-17(25)12-20(21)23(29,22(26)28)13-18(27)8-9-19-2-1-11-30-19/h1-12,29H,13-14H2/b9-8+/t23-/m0/s1. The molecule has 1 aliphatic heterocycles. The summed E-state index contributed by atoms with van der Waals surface area (Å²) >= 11 is 12.1. The Morgan fingerprint density at radius 2 is 1.83 bits per heavy atom. The summed E-state index contributed by atoms with van der Waals surface area (Å²) < 4.78 is 5.16. The van der Waals surface area contributed by atoms with Crippen LogP contribution in [0.2, 0.25) is 10.0 Å². The number of nitrogens with zero attached hydrogens (tertiary/aromatic N) is 1. The van der Waals surface area contributed by atoms with E-state index >= 15 is 0 Å². The van der Waals surface area contributed by atoms with Crippen LogP contribution in [0.4, 0.5) is 5.69 Å². The highest BCUT2D eigenvalue weighted by atomic mass is 35.5. The van der Waals surface area contributed by atoms with Crippen LogP contribution in [0.15, 0.2) is 71.4 Å². The number of benzene rings is 2. The lowest BCUT2D eigenvalue weighted by Gasteiger charge is -2.22. The van der Waals surface area contributed by atoms with E-state index in [0.29, 0.717) is 27.1 Å². The number of rotatable bonds is 6. The maximum atomic E-state index is 13.2. The molecule has 0 aliphatic carbocycles. The van der Waals surface area contributed by atoms with Gasteiger partial charge in [0.15, 0.2) is 11.4 Å². The van der Waals surface area contributed by atoms with Crippen molar-refractivity contribution in [1.29, 1.82) is 0 Å². The fourth-order valence-electron chi connectivity index (χ4n) is 3.50. The first-order chi connectivity index (χ1) is 14.4. The molecule has 2 heterocycles. The molecule has 4 rings (SSSR count). The van der Waals surface area contributed by atoms with E-state index in [9.17, 15) is 14.7 Å². The smallest absolute Gasteiger partial charge is 0.264 e. The molecule has 7 heteroatoms. The van der Waals surface area contributed by atoms with E-state index in [-0.39, 0.29) is 6.54 Å². The Labute approximate surface area is 183 Å². The molecule has 0 unspecified atom stereocenters. The molecule has 2 aromatic carbocycles. The van der Waals surface area contributed by atoms with Crippen LogP contribution in [0.25, 0.3) is 6.08 Å². The maximum absolute atomic E-state index is 13.2. The zero-order valence-electron chi connectivity index (χ0n) is 15.7. The van der Waals surface area contributed by atoms with Gasteiger partial charge in [0.25, 0.3) is 5.91 Å². The van der Waals surface area contributed by atoms with Gasteiger partial charge in [-0.15, -0.1) is 0 Å². The molecule has 1 aromatic heterocycles. The van der Waals surface area contributed by atoms with Crippen molar-refractivity contribution >= 4 is 46.7 Å². The fourth-order valence-corrected chi connectivity index (χ4v) is 3.79. The second kappa shape index (κ2) is 8.11. The van der Waals surface area contributed by atoms with E-state index in [1.54, 1.807) is 48.5 Å². The Hall–Kier alpha value is -2.86. The lowest BCUT2D eigenvalue weighted by Crippen LogP contribution is -2.41. The topological polar surface area (TPSA) is 70.7 Å². The molecule has 1 N–H and O–H groups in total. The molecule has 0 saturated carbocycles. The number of halogens is 2. The number of fused-ring (bicyclic) bond motifs is 1. The fraction of sp³-hybridized carbons (Fsp3) is 0.130. The molecule has 1 atom stereocenters. The number of ketones is 1. The van der Waals surface area contributed by atoms with Crippen molar-refractivity contribution in [1.82, 2.24) is 0 Å². The highest BCUT2D eigenvalue weighted by Gasteiger charge is 2.50. The second-order valence-corrected chi connectivity index (χ2v) is 7.90. The quantitative estimate of drug-likeness (QED) is 0.546. The van der Waals surface area contributed by atoms with Gasteiger partial charge in [0.05, 0.1) is 24.9 Å². The number of anilines is 1. The average Bonchev–Trinajstić information content (AvgIpc) is 3.30. The lowest BCUT2D eigenvalue weighted by molar-refractivity contribution is -0.140. The summed E-state index contributed by atoms with van der Waals surface area (Å²) in [5.41, 5.74) is -0.336. The molecule has 0 spiro atoms. The number of allylic oxidation sites excluding steroid dienone is 1. The van der Waals surface area contributed by atoms with Gasteiger partial charge in [-0.05, 0) is 60.2 Å². The van der Waals surface area contributed by atoms with Gasteiger partial charge in [-0.25, -0.2) is 0 Å². The Morgan fingerprint density at radius 3 is 2.53 bits per heavy atom. The minimum Gasteiger partial charge on any atom is -0.465 e. The monoisotopic (exact) mass is 441 g/mol. The number of hydrogen-bond donors (Lipinski definition) is 1. The Balaban J connectivity index is 1.64. The number of amides is 1. The van der Waals surface area contributed by atoms with Gasteiger partial charge in [0.2, 0.25) is 0 Å². The summed E-state index contributed by atoms with van der Waals surface area (Å²) in [6.07, 6.45) is 3.87. The van der Waals surface area contributed by atoms with Gasteiger partial charge in [-0.2, -0.15) is 0 Å². The van der Waals surface area contributed by atoms with Gasteiger partial charge in [0, 0.05) is 15.6 Å². The summed E-state index contributed by atoms with van der Waals surface area (Å²) in [4.78, 5) is 27.2. The van der Waals surface area contributed by atoms with Crippen LogP contribution in [0.1, 0.15) is 23.3 Å². The molecular formula is C23H17Cl2NO4. The molecule has 0 bridgehead atoms. The van der Waals surface area contributed by atoms with Crippen molar-refractivity contribution in [2.75, 3.05) is 4.90 Å². The molecule has 0 radical (unpaired) electrons. The average molecular weight is 442 g/mol. The largest absolute Gasteiger partial charge is 0.465 e. The number of carbonyl (C=O) groups excluding carboxylic acids is 2. The summed E-state index contributed by atoms with van der Waals surface area (Å²) in [6, 6.07) is 15.3. The Bertz CT molecular complexity index is 1120. The minimum absolute atomic E-state index is 0.226. The van der Waals surface area contributed by atoms with E-state index < -0.39 is 23.7 Å². The number of furan rings is 1. The summed E-state index contributed by atoms with van der Waals surface area (Å²) in [5.74, 6) is -0.489. The second-order valence-electron chi connectivity index (χ2n) is 7.03. The summed E-state index contributed by atoms with van der Waals surface area (Å²) in [5, 5.41) is 12.3. The maximum Gasteiger partial charge on any atom is 0.264 e. The van der Waals surface area contributed by atoms with Gasteiger partial charge >= 0.3 is 0 Å². The van der Waals surface area contributed by atoms with Crippen LogP contribution in [0, 0.1) is 0 Å². The minimum atomic E-state index is -2.00.